The largest absolute Gasteiger partial charge is 1.00 e. The predicted octanol–water partition coefficient (Wildman–Crippen LogP) is -1.86. The van der Waals surface area contributed by atoms with E-state index in [0.717, 1.165) is 0 Å². The van der Waals surface area contributed by atoms with Crippen LogP contribution in [0.5, 0.6) is 0 Å². The molecule has 7 heavy (non-hydrogen) atoms. The van der Waals surface area contributed by atoms with Crippen LogP contribution in [0.3, 0.4) is 0 Å². The van der Waals surface area contributed by atoms with E-state index in [9.17, 15) is 4.55 Å². The topological polar surface area (TPSA) is 23.1 Å². The summed E-state index contributed by atoms with van der Waals surface area (Å²) in [6.45, 7) is 0. The van der Waals surface area contributed by atoms with E-state index in [1.807, 2.05) is 6.26 Å². The van der Waals surface area contributed by atoms with Crippen LogP contribution in [-0.2, 0) is 0 Å². The van der Waals surface area contributed by atoms with Crippen LogP contribution in [0.1, 0.15) is 0 Å². The molecule has 0 aliphatic rings. The molecule has 0 rings (SSSR count). The van der Waals surface area contributed by atoms with Crippen molar-refractivity contribution in [3.05, 3.63) is 0 Å². The Morgan fingerprint density at radius 1 is 1.71 bits per heavy atom. The van der Waals surface area contributed by atoms with Crippen LogP contribution in [0.4, 0.5) is 0 Å². The molecule has 0 aliphatic carbocycles. The second-order valence-corrected chi connectivity index (χ2v) is 3.07. The molecule has 0 aliphatic heterocycles. The van der Waals surface area contributed by atoms with Crippen LogP contribution in [0.15, 0.2) is 0 Å². The third kappa shape index (κ3) is 11.0. The Balaban J connectivity index is 0. The van der Waals surface area contributed by atoms with Crippen LogP contribution in [0, 0.1) is 0 Å². The average molecular weight is 130 g/mol. The van der Waals surface area contributed by atoms with Gasteiger partial charge in [0.15, 0.2) is 0 Å². The summed E-state index contributed by atoms with van der Waals surface area (Å²) in [5.41, 5.74) is 0. The van der Waals surface area contributed by atoms with Crippen molar-refractivity contribution in [2.24, 2.45) is 0 Å². The zero-order chi connectivity index (χ0) is 4.99. The standard InChI is InChI=1S/C3H7OS2.Li/c1-5-3-6(2)4;/h3H,1-2H3;/q-1;+1. The molecule has 0 N–H and O–H groups in total. The van der Waals surface area contributed by atoms with Crippen molar-refractivity contribution in [2.75, 3.05) is 12.5 Å². The second kappa shape index (κ2) is 7.13. The molecule has 0 amide bonds. The first kappa shape index (κ1) is 11.0. The quantitative estimate of drug-likeness (QED) is 0.307. The third-order valence-electron chi connectivity index (χ3n) is 0.232. The van der Waals surface area contributed by atoms with Crippen LogP contribution in [0.2, 0.25) is 0 Å². The van der Waals surface area contributed by atoms with Gasteiger partial charge in [-0.3, -0.25) is 10.8 Å². The van der Waals surface area contributed by atoms with E-state index >= 15 is 0 Å². The Hall–Kier alpha value is 1.13. The fraction of sp³-hybridized carbons (Fsp3) is 0.667. The van der Waals surface area contributed by atoms with Gasteiger partial charge in [-0.25, -0.2) is 0 Å². The summed E-state index contributed by atoms with van der Waals surface area (Å²) in [5, 5.41) is 0. The van der Waals surface area contributed by atoms with E-state index < -0.39 is 10.8 Å². The summed E-state index contributed by atoms with van der Waals surface area (Å²) in [6, 6.07) is 0. The molecular weight excluding hydrogens is 123 g/mol. The molecule has 0 heterocycles. The second-order valence-electron chi connectivity index (χ2n) is 0.831. The Kier molecular flexibility index (Phi) is 11.2. The average Bonchev–Trinajstić information content (AvgIpc) is 1.35. The van der Waals surface area contributed by atoms with Crippen molar-refractivity contribution in [2.45, 2.75) is 0 Å². The molecule has 0 aromatic heterocycles. The van der Waals surface area contributed by atoms with Crippen LogP contribution >= 0.6 is 22.5 Å². The molecule has 0 aromatic carbocycles. The van der Waals surface area contributed by atoms with Crippen molar-refractivity contribution in [1.82, 2.24) is 0 Å². The molecule has 0 fully saturated rings. The minimum atomic E-state index is -0.728. The van der Waals surface area contributed by atoms with Crippen LogP contribution in [-0.4, -0.2) is 21.8 Å². The van der Waals surface area contributed by atoms with E-state index in [4.69, 9.17) is 0 Å². The van der Waals surface area contributed by atoms with Crippen LogP contribution < -0.4 is 18.9 Å². The number of hydrogen-bond donors (Lipinski definition) is 0. The van der Waals surface area contributed by atoms with Gasteiger partial charge in [0, 0.05) is 0 Å². The van der Waals surface area contributed by atoms with Crippen molar-refractivity contribution in [1.29, 1.82) is 0 Å². The van der Waals surface area contributed by atoms with Crippen molar-refractivity contribution in [3.8, 4) is 0 Å². The molecule has 0 radical (unpaired) electrons. The Morgan fingerprint density at radius 2 is 2.14 bits per heavy atom. The first-order valence-electron chi connectivity index (χ1n) is 1.45. The maximum atomic E-state index is 10.1. The molecule has 0 saturated heterocycles. The van der Waals surface area contributed by atoms with Gasteiger partial charge in [0.2, 0.25) is 0 Å². The van der Waals surface area contributed by atoms with Crippen molar-refractivity contribution < 1.29 is 23.4 Å². The summed E-state index contributed by atoms with van der Waals surface area (Å²) in [5.74, 6) is 0. The van der Waals surface area contributed by atoms with Gasteiger partial charge in [-0.1, -0.05) is 0 Å². The predicted molar refractivity (Wildman–Crippen MR) is 33.9 cm³/mol. The first-order chi connectivity index (χ1) is 2.77. The molecule has 0 bridgehead atoms. The van der Waals surface area contributed by atoms with Crippen molar-refractivity contribution >= 4 is 27.2 Å². The Labute approximate surface area is 63.2 Å². The van der Waals surface area contributed by atoms with E-state index in [-0.39, 0.29) is 18.9 Å². The molecule has 38 valence electrons. The Morgan fingerprint density at radius 3 is 2.14 bits per heavy atom. The zero-order valence-electron chi connectivity index (χ0n) is 4.80. The fourth-order valence-corrected chi connectivity index (χ4v) is 1.22. The first-order valence-corrected chi connectivity index (χ1v) is 4.36. The van der Waals surface area contributed by atoms with E-state index in [1.54, 1.807) is 11.0 Å². The van der Waals surface area contributed by atoms with Gasteiger partial charge in [0.25, 0.3) is 0 Å². The van der Waals surface area contributed by atoms with Gasteiger partial charge in [0.05, 0.1) is 0 Å². The molecule has 1 nitrogen and oxygen atoms in total. The molecule has 0 aromatic rings. The fourth-order valence-electron chi connectivity index (χ4n) is 0.136. The van der Waals surface area contributed by atoms with Gasteiger partial charge < -0.3 is 4.55 Å². The number of hydrogen-bond acceptors (Lipinski definition) is 2. The normalized spacial score (nSPS) is 13.0. The van der Waals surface area contributed by atoms with Crippen molar-refractivity contribution in [3.63, 3.8) is 0 Å². The maximum absolute atomic E-state index is 10.1. The van der Waals surface area contributed by atoms with E-state index in [2.05, 4.69) is 0 Å². The molecule has 1 unspecified atom stereocenters. The summed E-state index contributed by atoms with van der Waals surface area (Å²) in [6.07, 6.45) is 3.54. The van der Waals surface area contributed by atoms with Gasteiger partial charge in [-0.15, -0.1) is 11.8 Å². The smallest absolute Gasteiger partial charge is 0.802 e. The summed E-state index contributed by atoms with van der Waals surface area (Å²) in [7, 11) is -0.728. The minimum absolute atomic E-state index is 0. The molecule has 0 saturated carbocycles. The van der Waals surface area contributed by atoms with Crippen LogP contribution in [0.25, 0.3) is 0 Å². The summed E-state index contributed by atoms with van der Waals surface area (Å²) >= 11 is 1.48. The molecular formula is C3H7LiOS2. The summed E-state index contributed by atoms with van der Waals surface area (Å²) in [4.78, 5) is 0. The molecule has 4 heteroatoms. The zero-order valence-corrected chi connectivity index (χ0v) is 6.44. The third-order valence-corrected chi connectivity index (χ3v) is 2.09. The van der Waals surface area contributed by atoms with Gasteiger partial charge in [0.1, 0.15) is 0 Å². The Bertz CT molecular complexity index is 60.0. The summed E-state index contributed by atoms with van der Waals surface area (Å²) < 4.78 is 11.8. The van der Waals surface area contributed by atoms with Gasteiger partial charge in [-0.2, -0.15) is 0 Å². The van der Waals surface area contributed by atoms with Gasteiger partial charge in [-0.05, 0) is 17.2 Å². The van der Waals surface area contributed by atoms with Gasteiger partial charge >= 0.3 is 18.9 Å². The maximum Gasteiger partial charge on any atom is 1.00 e. The monoisotopic (exact) mass is 130 g/mol. The molecule has 1 atom stereocenters. The number of thioether (sulfide) groups is 1. The SMILES string of the molecule is CS/C=S(/C)[O-].[Li+]. The number of rotatable bonds is 1. The van der Waals surface area contributed by atoms with E-state index in [0.29, 0.717) is 0 Å². The molecule has 0 spiro atoms. The minimum Gasteiger partial charge on any atom is -0.802 e. The van der Waals surface area contributed by atoms with E-state index in [1.165, 1.54) is 11.8 Å².